The first-order valence-electron chi connectivity index (χ1n) is 3.05. The summed E-state index contributed by atoms with van der Waals surface area (Å²) in [5.74, 6) is 0. The van der Waals surface area contributed by atoms with Crippen LogP contribution in [0.1, 0.15) is 0 Å². The van der Waals surface area contributed by atoms with E-state index in [1.165, 1.54) is 0 Å². The van der Waals surface area contributed by atoms with Crippen LogP contribution in [0.5, 0.6) is 0 Å². The summed E-state index contributed by atoms with van der Waals surface area (Å²) in [6, 6.07) is 4.01. The summed E-state index contributed by atoms with van der Waals surface area (Å²) < 4.78 is 2.08. The predicted molar refractivity (Wildman–Crippen MR) is 51.5 cm³/mol. The lowest BCUT2D eigenvalue weighted by atomic mass is 10.3. The van der Waals surface area contributed by atoms with Gasteiger partial charge in [-0.1, -0.05) is 0 Å². The minimum Gasteiger partial charge on any atom is -0.278 e. The van der Waals surface area contributed by atoms with Gasteiger partial charge < -0.3 is 0 Å². The number of aromatic nitrogens is 2. The van der Waals surface area contributed by atoms with Crippen molar-refractivity contribution >= 4 is 42.8 Å². The maximum Gasteiger partial charge on any atom is 0.0662 e. The van der Waals surface area contributed by atoms with Crippen molar-refractivity contribution in [2.45, 2.75) is 0 Å². The van der Waals surface area contributed by atoms with Gasteiger partial charge in [0, 0.05) is 14.3 Å². The topological polar surface area (TPSA) is 28.7 Å². The molecule has 0 spiro atoms. The van der Waals surface area contributed by atoms with Crippen molar-refractivity contribution in [2.24, 2.45) is 0 Å². The van der Waals surface area contributed by atoms with E-state index in [1.807, 2.05) is 12.1 Å². The highest BCUT2D eigenvalue weighted by Gasteiger charge is 1.99. The zero-order chi connectivity index (χ0) is 7.84. The average Bonchev–Trinajstić information content (AvgIpc) is 2.36. The van der Waals surface area contributed by atoms with E-state index in [-0.39, 0.29) is 0 Å². The molecule has 0 bridgehead atoms. The van der Waals surface area contributed by atoms with Crippen LogP contribution in [0.15, 0.2) is 27.3 Å². The highest BCUT2D eigenvalue weighted by molar-refractivity contribution is 9.13. The molecule has 2 aromatic rings. The van der Waals surface area contributed by atoms with Gasteiger partial charge in [0.1, 0.15) is 0 Å². The van der Waals surface area contributed by atoms with Crippen molar-refractivity contribution in [3.63, 3.8) is 0 Å². The zero-order valence-electron chi connectivity index (χ0n) is 5.44. The number of nitrogens with zero attached hydrogens (tertiary/aromatic N) is 1. The summed E-state index contributed by atoms with van der Waals surface area (Å²) in [6.07, 6.45) is 1.80. The summed E-state index contributed by atoms with van der Waals surface area (Å²) in [4.78, 5) is 0. The van der Waals surface area contributed by atoms with Crippen LogP contribution in [0.2, 0.25) is 0 Å². The summed E-state index contributed by atoms with van der Waals surface area (Å²) in [6.45, 7) is 0. The van der Waals surface area contributed by atoms with Gasteiger partial charge in [-0.25, -0.2) is 0 Å². The number of rotatable bonds is 0. The molecule has 0 aliphatic heterocycles. The van der Waals surface area contributed by atoms with Crippen molar-refractivity contribution in [2.75, 3.05) is 0 Å². The Labute approximate surface area is 80.2 Å². The molecular weight excluding hydrogens is 272 g/mol. The fraction of sp³-hybridized carbons (Fsp3) is 0. The minimum absolute atomic E-state index is 1.04. The number of H-pyrrole nitrogens is 1. The van der Waals surface area contributed by atoms with Crippen molar-refractivity contribution in [1.82, 2.24) is 10.2 Å². The molecule has 4 heteroatoms. The highest BCUT2D eigenvalue weighted by Crippen LogP contribution is 2.27. The van der Waals surface area contributed by atoms with Crippen LogP contribution < -0.4 is 0 Å². The van der Waals surface area contributed by atoms with Crippen LogP contribution in [0.3, 0.4) is 0 Å². The van der Waals surface area contributed by atoms with E-state index >= 15 is 0 Å². The van der Waals surface area contributed by atoms with E-state index in [9.17, 15) is 0 Å². The number of hydrogen-bond acceptors (Lipinski definition) is 1. The van der Waals surface area contributed by atoms with Gasteiger partial charge in [0.2, 0.25) is 0 Å². The summed E-state index contributed by atoms with van der Waals surface area (Å²) >= 11 is 6.82. The molecule has 0 unspecified atom stereocenters. The van der Waals surface area contributed by atoms with E-state index < -0.39 is 0 Å². The van der Waals surface area contributed by atoms with Gasteiger partial charge in [-0.2, -0.15) is 5.10 Å². The molecule has 0 aliphatic carbocycles. The standard InChI is InChI=1S/C7H4Br2N2/c8-5-1-4-3-10-11-7(4)2-6(5)9/h1-3H,(H,10,11). The monoisotopic (exact) mass is 274 g/mol. The molecule has 0 radical (unpaired) electrons. The van der Waals surface area contributed by atoms with Crippen LogP contribution in [0.25, 0.3) is 10.9 Å². The number of halogens is 2. The number of nitrogens with one attached hydrogen (secondary N) is 1. The molecule has 0 saturated heterocycles. The van der Waals surface area contributed by atoms with Crippen LogP contribution >= 0.6 is 31.9 Å². The van der Waals surface area contributed by atoms with Gasteiger partial charge in [0.05, 0.1) is 11.7 Å². The Morgan fingerprint density at radius 2 is 1.91 bits per heavy atom. The minimum atomic E-state index is 1.04. The predicted octanol–water partition coefficient (Wildman–Crippen LogP) is 3.09. The Morgan fingerprint density at radius 3 is 2.73 bits per heavy atom. The SMILES string of the molecule is Brc1cc2cn[nH]c2cc1Br. The Balaban J connectivity index is 2.86. The first-order valence-corrected chi connectivity index (χ1v) is 4.64. The Kier molecular flexibility index (Phi) is 1.73. The fourth-order valence-electron chi connectivity index (χ4n) is 0.937. The molecule has 1 N–H and O–H groups in total. The lowest BCUT2D eigenvalue weighted by molar-refractivity contribution is 1.12. The molecule has 11 heavy (non-hydrogen) atoms. The molecule has 2 nitrogen and oxygen atoms in total. The normalized spacial score (nSPS) is 10.7. The Morgan fingerprint density at radius 1 is 1.18 bits per heavy atom. The van der Waals surface area contributed by atoms with Gasteiger partial charge in [-0.3, -0.25) is 5.10 Å². The third-order valence-corrected chi connectivity index (χ3v) is 3.33. The summed E-state index contributed by atoms with van der Waals surface area (Å²) in [5.41, 5.74) is 1.04. The fourth-order valence-corrected chi connectivity index (χ4v) is 1.64. The summed E-state index contributed by atoms with van der Waals surface area (Å²) in [7, 11) is 0. The number of hydrogen-bond donors (Lipinski definition) is 1. The molecule has 0 amide bonds. The first-order chi connectivity index (χ1) is 5.27. The average molecular weight is 276 g/mol. The molecule has 0 aliphatic rings. The maximum atomic E-state index is 3.92. The molecular formula is C7H4Br2N2. The van der Waals surface area contributed by atoms with Gasteiger partial charge in [0.15, 0.2) is 0 Å². The van der Waals surface area contributed by atoms with Crippen LogP contribution in [0.4, 0.5) is 0 Å². The van der Waals surface area contributed by atoms with Crippen LogP contribution in [0, 0.1) is 0 Å². The summed E-state index contributed by atoms with van der Waals surface area (Å²) in [5, 5.41) is 7.91. The zero-order valence-corrected chi connectivity index (χ0v) is 8.61. The molecule has 1 aromatic carbocycles. The number of fused-ring (bicyclic) bond motifs is 1. The number of benzene rings is 1. The van der Waals surface area contributed by atoms with Crippen LogP contribution in [-0.2, 0) is 0 Å². The first kappa shape index (κ1) is 7.31. The molecule has 1 heterocycles. The highest BCUT2D eigenvalue weighted by atomic mass is 79.9. The smallest absolute Gasteiger partial charge is 0.0662 e. The van der Waals surface area contributed by atoms with Crippen molar-refractivity contribution in [3.05, 3.63) is 27.3 Å². The van der Waals surface area contributed by atoms with E-state index in [4.69, 9.17) is 0 Å². The van der Waals surface area contributed by atoms with Gasteiger partial charge >= 0.3 is 0 Å². The third-order valence-electron chi connectivity index (χ3n) is 1.48. The molecule has 56 valence electrons. The second-order valence-corrected chi connectivity index (χ2v) is 3.93. The molecule has 0 saturated carbocycles. The van der Waals surface area contributed by atoms with Crippen molar-refractivity contribution in [1.29, 1.82) is 0 Å². The lowest BCUT2D eigenvalue weighted by Crippen LogP contribution is -1.71. The maximum absolute atomic E-state index is 3.92. The van der Waals surface area contributed by atoms with E-state index in [0.29, 0.717) is 0 Å². The van der Waals surface area contributed by atoms with E-state index in [1.54, 1.807) is 6.20 Å². The second kappa shape index (κ2) is 2.60. The van der Waals surface area contributed by atoms with Crippen molar-refractivity contribution < 1.29 is 0 Å². The molecule has 0 fully saturated rings. The quantitative estimate of drug-likeness (QED) is 0.786. The largest absolute Gasteiger partial charge is 0.278 e. The van der Waals surface area contributed by atoms with Gasteiger partial charge in [-0.15, -0.1) is 0 Å². The Hall–Kier alpha value is -0.350. The van der Waals surface area contributed by atoms with E-state index in [2.05, 4.69) is 42.1 Å². The Bertz CT molecular complexity index is 358. The molecule has 1 aromatic heterocycles. The van der Waals surface area contributed by atoms with Crippen LogP contribution in [-0.4, -0.2) is 10.2 Å². The van der Waals surface area contributed by atoms with Gasteiger partial charge in [0.25, 0.3) is 0 Å². The third kappa shape index (κ3) is 1.20. The van der Waals surface area contributed by atoms with Gasteiger partial charge in [-0.05, 0) is 44.0 Å². The lowest BCUT2D eigenvalue weighted by Gasteiger charge is -1.94. The number of aromatic amines is 1. The molecule has 2 rings (SSSR count). The van der Waals surface area contributed by atoms with E-state index in [0.717, 1.165) is 19.8 Å². The second-order valence-electron chi connectivity index (χ2n) is 2.22. The van der Waals surface area contributed by atoms with Crippen molar-refractivity contribution in [3.8, 4) is 0 Å². The molecule has 0 atom stereocenters.